The van der Waals surface area contributed by atoms with E-state index in [9.17, 15) is 4.79 Å². The molecule has 1 amide bonds. The number of nitrogens with zero attached hydrogens (tertiary/aromatic N) is 1. The van der Waals surface area contributed by atoms with Crippen LogP contribution in [0.25, 0.3) is 0 Å². The number of pyridine rings is 1. The summed E-state index contributed by atoms with van der Waals surface area (Å²) in [4.78, 5) is 16.5. The van der Waals surface area contributed by atoms with Crippen LogP contribution >= 0.6 is 0 Å². The third-order valence-electron chi connectivity index (χ3n) is 4.03. The van der Waals surface area contributed by atoms with Crippen molar-refractivity contribution in [3.05, 3.63) is 65.7 Å². The Kier molecular flexibility index (Phi) is 4.37. The van der Waals surface area contributed by atoms with Crippen LogP contribution < -0.4 is 15.4 Å². The molecule has 24 heavy (non-hydrogen) atoms. The number of methoxy groups -OCH3 is 1. The first-order chi connectivity index (χ1) is 11.6. The minimum atomic E-state index is -0.198. The van der Waals surface area contributed by atoms with Gasteiger partial charge in [0.1, 0.15) is 11.6 Å². The molecule has 0 saturated heterocycles. The van der Waals surface area contributed by atoms with Gasteiger partial charge in [-0.15, -0.1) is 0 Å². The summed E-state index contributed by atoms with van der Waals surface area (Å²) in [6, 6.07) is 9.19. The predicted molar refractivity (Wildman–Crippen MR) is 91.2 cm³/mol. The summed E-state index contributed by atoms with van der Waals surface area (Å²) in [5, 5.41) is 14.7. The third-order valence-corrected chi connectivity index (χ3v) is 4.03. The molecule has 1 atom stereocenters. The maximum atomic E-state index is 12.4. The van der Waals surface area contributed by atoms with Gasteiger partial charge in [-0.2, -0.15) is 0 Å². The van der Waals surface area contributed by atoms with Crippen molar-refractivity contribution < 1.29 is 14.6 Å². The number of ether oxygens (including phenoxy) is 1. The first kappa shape index (κ1) is 15.9. The fourth-order valence-corrected chi connectivity index (χ4v) is 2.85. The van der Waals surface area contributed by atoms with E-state index >= 15 is 0 Å². The van der Waals surface area contributed by atoms with Crippen LogP contribution in [-0.4, -0.2) is 23.1 Å². The van der Waals surface area contributed by atoms with E-state index in [0.717, 1.165) is 24.2 Å². The zero-order chi connectivity index (χ0) is 17.1. The average Bonchev–Trinajstić information content (AvgIpc) is 2.97. The minimum absolute atomic E-state index is 0.0300. The van der Waals surface area contributed by atoms with Gasteiger partial charge in [0, 0.05) is 6.20 Å². The van der Waals surface area contributed by atoms with Crippen molar-refractivity contribution in [3.8, 4) is 5.75 Å². The number of carbonyl (C=O) groups excluding carboxylic acids is 1. The molecule has 2 aromatic rings. The van der Waals surface area contributed by atoms with Gasteiger partial charge >= 0.3 is 0 Å². The SMILES string of the molecule is C=C(O)Nc1ccc(C(=O)NC2CCc3ccc(OC)cc32)cn1. The van der Waals surface area contributed by atoms with Crippen LogP contribution in [-0.2, 0) is 6.42 Å². The van der Waals surface area contributed by atoms with E-state index in [1.807, 2.05) is 18.2 Å². The lowest BCUT2D eigenvalue weighted by atomic mass is 10.1. The molecule has 1 aromatic heterocycles. The van der Waals surface area contributed by atoms with Gasteiger partial charge < -0.3 is 20.5 Å². The highest BCUT2D eigenvalue weighted by molar-refractivity contribution is 5.94. The standard InChI is InChI=1S/C18H19N3O3/c1-11(22)20-17-8-5-13(10-19-17)18(23)21-16-7-4-12-3-6-14(24-2)9-15(12)16/h3,5-6,8-10,16,22H,1,4,7H2,2H3,(H,19,20)(H,21,23). The van der Waals surface area contributed by atoms with Gasteiger partial charge in [-0.3, -0.25) is 4.79 Å². The molecule has 1 heterocycles. The number of carbonyl (C=O) groups is 1. The highest BCUT2D eigenvalue weighted by Crippen LogP contribution is 2.33. The number of aromatic nitrogens is 1. The third kappa shape index (κ3) is 3.32. The maximum Gasteiger partial charge on any atom is 0.253 e. The second-order valence-corrected chi connectivity index (χ2v) is 5.63. The van der Waals surface area contributed by atoms with Crippen molar-refractivity contribution in [3.63, 3.8) is 0 Å². The van der Waals surface area contributed by atoms with Gasteiger partial charge in [0.05, 0.1) is 18.7 Å². The molecule has 3 rings (SSSR count). The molecule has 0 fully saturated rings. The lowest BCUT2D eigenvalue weighted by molar-refractivity contribution is 0.0936. The summed E-state index contributed by atoms with van der Waals surface area (Å²) >= 11 is 0. The number of benzene rings is 1. The Hall–Kier alpha value is -3.02. The lowest BCUT2D eigenvalue weighted by Gasteiger charge is -2.15. The number of rotatable bonds is 5. The molecule has 124 valence electrons. The molecule has 1 aliphatic carbocycles. The van der Waals surface area contributed by atoms with Crippen LogP contribution in [0, 0.1) is 0 Å². The highest BCUT2D eigenvalue weighted by atomic mass is 16.5. The Morgan fingerprint density at radius 3 is 2.88 bits per heavy atom. The molecule has 6 heteroatoms. The van der Waals surface area contributed by atoms with E-state index in [4.69, 9.17) is 9.84 Å². The van der Waals surface area contributed by atoms with Crippen LogP contribution in [0.2, 0.25) is 0 Å². The Bertz CT molecular complexity index is 772. The largest absolute Gasteiger partial charge is 0.497 e. The van der Waals surface area contributed by atoms with E-state index in [2.05, 4.69) is 22.2 Å². The van der Waals surface area contributed by atoms with Gasteiger partial charge in [-0.25, -0.2) is 4.98 Å². The highest BCUT2D eigenvalue weighted by Gasteiger charge is 2.25. The second-order valence-electron chi connectivity index (χ2n) is 5.63. The van der Waals surface area contributed by atoms with Crippen molar-refractivity contribution in [2.45, 2.75) is 18.9 Å². The number of anilines is 1. The molecule has 6 nitrogen and oxygen atoms in total. The number of hydrogen-bond acceptors (Lipinski definition) is 5. The lowest BCUT2D eigenvalue weighted by Crippen LogP contribution is -2.27. The topological polar surface area (TPSA) is 83.5 Å². The maximum absolute atomic E-state index is 12.4. The number of fused-ring (bicyclic) bond motifs is 1. The van der Waals surface area contributed by atoms with E-state index in [1.54, 1.807) is 19.2 Å². The summed E-state index contributed by atoms with van der Waals surface area (Å²) in [6.07, 6.45) is 3.26. The Balaban J connectivity index is 1.71. The monoisotopic (exact) mass is 325 g/mol. The Labute approximate surface area is 140 Å². The molecule has 0 saturated carbocycles. The number of hydrogen-bond donors (Lipinski definition) is 3. The summed E-state index contributed by atoms with van der Waals surface area (Å²) in [6.45, 7) is 3.33. The van der Waals surface area contributed by atoms with Crippen LogP contribution in [0.4, 0.5) is 5.82 Å². The summed E-state index contributed by atoms with van der Waals surface area (Å²) in [5.41, 5.74) is 2.80. The normalized spacial score (nSPS) is 15.5. The molecule has 3 N–H and O–H groups in total. The zero-order valence-corrected chi connectivity index (χ0v) is 13.4. The van der Waals surface area contributed by atoms with E-state index in [-0.39, 0.29) is 17.8 Å². The minimum Gasteiger partial charge on any atom is -0.497 e. The average molecular weight is 325 g/mol. The first-order valence-corrected chi connectivity index (χ1v) is 7.65. The fourth-order valence-electron chi connectivity index (χ4n) is 2.85. The fraction of sp³-hybridized carbons (Fsp3) is 0.222. The quantitative estimate of drug-likeness (QED) is 0.736. The molecular formula is C18H19N3O3. The Morgan fingerprint density at radius 1 is 1.38 bits per heavy atom. The molecule has 1 unspecified atom stereocenters. The molecule has 0 radical (unpaired) electrons. The van der Waals surface area contributed by atoms with Gasteiger partial charge in [0.15, 0.2) is 5.88 Å². The molecule has 1 aromatic carbocycles. The Morgan fingerprint density at radius 2 is 2.21 bits per heavy atom. The van der Waals surface area contributed by atoms with Gasteiger partial charge in [-0.1, -0.05) is 6.07 Å². The number of aliphatic hydroxyl groups is 1. The van der Waals surface area contributed by atoms with Crippen molar-refractivity contribution in [2.75, 3.05) is 12.4 Å². The summed E-state index contributed by atoms with van der Waals surface area (Å²) < 4.78 is 5.27. The van der Waals surface area contributed by atoms with Crippen molar-refractivity contribution >= 4 is 11.7 Å². The van der Waals surface area contributed by atoms with Crippen molar-refractivity contribution in [1.29, 1.82) is 0 Å². The van der Waals surface area contributed by atoms with Gasteiger partial charge in [0.25, 0.3) is 5.91 Å². The first-order valence-electron chi connectivity index (χ1n) is 7.65. The molecular weight excluding hydrogens is 306 g/mol. The summed E-state index contributed by atoms with van der Waals surface area (Å²) in [5.74, 6) is 0.833. The van der Waals surface area contributed by atoms with Crippen LogP contribution in [0.3, 0.4) is 0 Å². The van der Waals surface area contributed by atoms with Crippen LogP contribution in [0.15, 0.2) is 49.0 Å². The predicted octanol–water partition coefficient (Wildman–Crippen LogP) is 2.95. The van der Waals surface area contributed by atoms with Crippen molar-refractivity contribution in [2.24, 2.45) is 0 Å². The van der Waals surface area contributed by atoms with E-state index in [1.165, 1.54) is 11.8 Å². The van der Waals surface area contributed by atoms with E-state index in [0.29, 0.717) is 11.4 Å². The molecule has 0 bridgehead atoms. The van der Waals surface area contributed by atoms with Crippen LogP contribution in [0.1, 0.15) is 33.9 Å². The summed E-state index contributed by atoms with van der Waals surface area (Å²) in [7, 11) is 1.63. The zero-order valence-electron chi connectivity index (χ0n) is 13.4. The van der Waals surface area contributed by atoms with E-state index < -0.39 is 0 Å². The number of aryl methyl sites for hydroxylation is 1. The van der Waals surface area contributed by atoms with Gasteiger partial charge in [0.2, 0.25) is 0 Å². The van der Waals surface area contributed by atoms with Gasteiger partial charge in [-0.05, 0) is 54.8 Å². The van der Waals surface area contributed by atoms with Crippen LogP contribution in [0.5, 0.6) is 5.75 Å². The molecule has 0 aliphatic heterocycles. The number of amides is 1. The molecule has 0 spiro atoms. The second kappa shape index (κ2) is 6.62. The number of nitrogens with one attached hydrogen (secondary N) is 2. The smallest absolute Gasteiger partial charge is 0.253 e. The number of aliphatic hydroxyl groups excluding tert-OH is 1. The molecule has 1 aliphatic rings. The van der Waals surface area contributed by atoms with Crippen molar-refractivity contribution in [1.82, 2.24) is 10.3 Å².